The average molecular weight is 797 g/mol. The summed E-state index contributed by atoms with van der Waals surface area (Å²) in [5, 5.41) is 0. The Morgan fingerprint density at radius 2 is 0.447 bits per heavy atom. The first-order valence-corrected chi connectivity index (χ1v) is 25.2. The zero-order chi connectivity index (χ0) is 26.2. The van der Waals surface area contributed by atoms with Crippen LogP contribution in [0.15, 0.2) is 59.3 Å². The van der Waals surface area contributed by atoms with Gasteiger partial charge in [-0.25, -0.2) is 0 Å². The number of hydrogen-bond acceptors (Lipinski definition) is 16. The Labute approximate surface area is 294 Å². The van der Waals surface area contributed by atoms with Crippen molar-refractivity contribution in [1.82, 2.24) is 0 Å². The lowest BCUT2D eigenvalue weighted by molar-refractivity contribution is 1.53. The first-order chi connectivity index (χ1) is 18.6. The van der Waals surface area contributed by atoms with Gasteiger partial charge in [0.05, 0.1) is 59.3 Å². The Morgan fingerprint density at radius 3 is 0.605 bits per heavy atom. The maximum absolute atomic E-state index is 2.26. The Hall–Kier alpha value is 3.78. The van der Waals surface area contributed by atoms with Crippen LogP contribution in [-0.2, 0) is 0 Å². The first kappa shape index (κ1) is 31.7. The molecule has 0 amide bonds. The first-order valence-electron chi connectivity index (χ1n) is 11.4. The van der Waals surface area contributed by atoms with E-state index in [1.54, 1.807) is 0 Å². The molecule has 0 aromatic rings. The van der Waals surface area contributed by atoms with Crippen molar-refractivity contribution in [2.24, 2.45) is 0 Å². The normalized spacial score (nSPS) is 23.7. The summed E-state index contributed by atoms with van der Waals surface area (Å²) < 4.78 is 21.0. The highest BCUT2D eigenvalue weighted by Crippen LogP contribution is 2.76. The molecule has 0 bridgehead atoms. The second-order valence-electron chi connectivity index (χ2n) is 6.98. The van der Waals surface area contributed by atoms with Gasteiger partial charge in [0.2, 0.25) is 0 Å². The molecular formula is C22H20S16. The molecule has 6 aliphatic heterocycles. The SMILES string of the molecule is CCSC1=C(SCC)SC(=C2SC3=C(S2)SC(=C2SC4=C(SC(=C5SC(SCC)=C(SCC)S5)S4)S2)S3)S1. The molecule has 0 atom stereocenters. The molecule has 38 heavy (non-hydrogen) atoms. The van der Waals surface area contributed by atoms with E-state index in [9.17, 15) is 0 Å². The van der Waals surface area contributed by atoms with Crippen molar-refractivity contribution < 1.29 is 0 Å². The minimum Gasteiger partial charge on any atom is -0.118 e. The van der Waals surface area contributed by atoms with E-state index < -0.39 is 0 Å². The predicted octanol–water partition coefficient (Wildman–Crippen LogP) is 14.8. The lowest BCUT2D eigenvalue weighted by Crippen LogP contribution is -1.74. The largest absolute Gasteiger partial charge is 0.118 e. The van der Waals surface area contributed by atoms with Crippen LogP contribution in [0.1, 0.15) is 27.7 Å². The molecule has 0 radical (unpaired) electrons. The maximum atomic E-state index is 2.26. The molecule has 0 saturated carbocycles. The average Bonchev–Trinajstić information content (AvgIpc) is 3.70. The maximum Gasteiger partial charge on any atom is 0.0718 e. The van der Waals surface area contributed by atoms with Crippen LogP contribution in [0.4, 0.5) is 0 Å². The molecule has 0 saturated heterocycles. The van der Waals surface area contributed by atoms with Crippen LogP contribution in [0.3, 0.4) is 0 Å². The fourth-order valence-corrected chi connectivity index (χ4v) is 28.0. The number of hydrogen-bond donors (Lipinski definition) is 0. The van der Waals surface area contributed by atoms with Crippen LogP contribution < -0.4 is 0 Å². The van der Waals surface area contributed by atoms with Crippen molar-refractivity contribution in [2.75, 3.05) is 23.0 Å². The Kier molecular flexibility index (Phi) is 12.5. The number of thioether (sulfide) groups is 16. The highest BCUT2D eigenvalue weighted by atomic mass is 32.3. The van der Waals surface area contributed by atoms with Gasteiger partial charge < -0.3 is 0 Å². The standard InChI is InChI=1S/C22H20S16/c1-5-23-9-10(24-6-2)28-13(27-9)15-31-17-18(32-15)36-21(35-17)22-37-19-20(38-22)34-16(33-19)14-29-11(25-7-3)12(30-14)26-8-4/h5-8H2,1-4H3. The van der Waals surface area contributed by atoms with Crippen LogP contribution >= 0.6 is 188 Å². The van der Waals surface area contributed by atoms with Gasteiger partial charge in [-0.05, 0) is 23.0 Å². The Bertz CT molecular complexity index is 1080. The second kappa shape index (κ2) is 14.9. The molecule has 0 aromatic heterocycles. The second-order valence-corrected chi connectivity index (χ2v) is 27.9. The van der Waals surface area contributed by atoms with Gasteiger partial charge in [0.25, 0.3) is 0 Å². The third-order valence-corrected chi connectivity index (χ3v) is 27.9. The highest BCUT2D eigenvalue weighted by molar-refractivity contribution is 8.53. The fourth-order valence-electron chi connectivity index (χ4n) is 3.10. The molecule has 16 heteroatoms. The van der Waals surface area contributed by atoms with E-state index in [-0.39, 0.29) is 0 Å². The Morgan fingerprint density at radius 1 is 0.289 bits per heavy atom. The molecule has 6 heterocycles. The molecular weight excluding hydrogens is 777 g/mol. The number of rotatable bonds is 8. The molecule has 204 valence electrons. The van der Waals surface area contributed by atoms with Crippen molar-refractivity contribution in [2.45, 2.75) is 27.7 Å². The van der Waals surface area contributed by atoms with Gasteiger partial charge in [-0.2, -0.15) is 0 Å². The molecule has 0 spiro atoms. The van der Waals surface area contributed by atoms with Crippen molar-refractivity contribution in [3.63, 3.8) is 0 Å². The van der Waals surface area contributed by atoms with E-state index in [2.05, 4.69) is 27.7 Å². The van der Waals surface area contributed by atoms with Crippen molar-refractivity contribution in [3.05, 3.63) is 59.3 Å². The highest BCUT2D eigenvalue weighted by Gasteiger charge is 2.40. The van der Waals surface area contributed by atoms with Crippen LogP contribution in [0.5, 0.6) is 0 Å². The summed E-state index contributed by atoms with van der Waals surface area (Å²) in [6.07, 6.45) is 0. The molecule has 0 unspecified atom stereocenters. The van der Waals surface area contributed by atoms with Gasteiger partial charge >= 0.3 is 0 Å². The van der Waals surface area contributed by atoms with E-state index in [0.717, 1.165) is 23.0 Å². The van der Waals surface area contributed by atoms with Crippen LogP contribution in [-0.4, -0.2) is 23.0 Å². The third kappa shape index (κ3) is 7.10. The zero-order valence-electron chi connectivity index (χ0n) is 20.4. The molecule has 6 rings (SSSR count). The zero-order valence-corrected chi connectivity index (χ0v) is 33.4. The van der Waals surface area contributed by atoms with Crippen molar-refractivity contribution >= 4 is 188 Å². The lowest BCUT2D eigenvalue weighted by atomic mass is 11.0. The summed E-state index contributed by atoms with van der Waals surface area (Å²) in [6.45, 7) is 9.03. The summed E-state index contributed by atoms with van der Waals surface area (Å²) in [7, 11) is 0. The molecule has 0 nitrogen and oxygen atoms in total. The van der Waals surface area contributed by atoms with E-state index in [1.807, 2.05) is 188 Å². The summed E-state index contributed by atoms with van der Waals surface area (Å²) in [5.41, 5.74) is 0. The van der Waals surface area contributed by atoms with Crippen molar-refractivity contribution in [3.8, 4) is 0 Å². The van der Waals surface area contributed by atoms with E-state index in [4.69, 9.17) is 0 Å². The summed E-state index contributed by atoms with van der Waals surface area (Å²) in [5.74, 6) is 4.58. The van der Waals surface area contributed by atoms with Crippen LogP contribution in [0.2, 0.25) is 0 Å². The summed E-state index contributed by atoms with van der Waals surface area (Å²) in [4.78, 5) is 0. The minimum atomic E-state index is 1.14. The van der Waals surface area contributed by atoms with Gasteiger partial charge in [0, 0.05) is 0 Å². The minimum absolute atomic E-state index is 1.14. The quantitative estimate of drug-likeness (QED) is 0.229. The van der Waals surface area contributed by atoms with Crippen LogP contribution in [0.25, 0.3) is 0 Å². The van der Waals surface area contributed by atoms with Crippen LogP contribution in [0, 0.1) is 0 Å². The molecule has 0 aliphatic carbocycles. The van der Waals surface area contributed by atoms with Gasteiger partial charge in [-0.3, -0.25) is 0 Å². The summed E-state index contributed by atoms with van der Waals surface area (Å²) in [6, 6.07) is 0. The lowest BCUT2D eigenvalue weighted by Gasteiger charge is -2.09. The predicted molar refractivity (Wildman–Crippen MR) is 213 cm³/mol. The van der Waals surface area contributed by atoms with Gasteiger partial charge in [-0.1, -0.05) is 169 Å². The molecule has 6 aliphatic rings. The van der Waals surface area contributed by atoms with E-state index in [0.29, 0.717) is 0 Å². The topological polar surface area (TPSA) is 0 Å². The molecule has 0 N–H and O–H groups in total. The Balaban J connectivity index is 1.06. The third-order valence-electron chi connectivity index (χ3n) is 4.49. The smallest absolute Gasteiger partial charge is 0.0718 e. The molecule has 0 fully saturated rings. The van der Waals surface area contributed by atoms with E-state index >= 15 is 0 Å². The van der Waals surface area contributed by atoms with Crippen molar-refractivity contribution in [1.29, 1.82) is 0 Å². The summed E-state index contributed by atoms with van der Waals surface area (Å²) >= 11 is 32.1. The van der Waals surface area contributed by atoms with Gasteiger partial charge in [-0.15, -0.1) is 47.0 Å². The van der Waals surface area contributed by atoms with Gasteiger partial charge in [0.1, 0.15) is 0 Å². The van der Waals surface area contributed by atoms with E-state index in [1.165, 1.54) is 59.3 Å². The van der Waals surface area contributed by atoms with Gasteiger partial charge in [0.15, 0.2) is 0 Å². The fraction of sp³-hybridized carbons (Fsp3) is 0.364. The monoisotopic (exact) mass is 796 g/mol. The molecule has 0 aromatic carbocycles.